The molecular formula is C24H41N7O6. The minimum Gasteiger partial charge on any atom is -0.338 e. The Morgan fingerprint density at radius 2 is 0.946 bits per heavy atom. The summed E-state index contributed by atoms with van der Waals surface area (Å²) < 4.78 is 0. The average Bonchev–Trinajstić information content (AvgIpc) is 2.90. The van der Waals surface area contributed by atoms with E-state index < -0.39 is 12.1 Å². The standard InChI is InChI=1S/C24H41N7O6/c32-19-25-13-7-1-4-10-16-28-23(35)31(22-37-30-18-12-6-3-9-15-27-21-34)24(36)29-17-11-5-2-8-14-26-20-33/h30H,1-18,22H2,(H,28,35)(H,29,36). The largest absolute Gasteiger partial charge is 0.338 e. The highest BCUT2D eigenvalue weighted by molar-refractivity contribution is 5.93. The monoisotopic (exact) mass is 523 g/mol. The molecule has 0 aromatic carbocycles. The van der Waals surface area contributed by atoms with Gasteiger partial charge in [-0.3, -0.25) is 4.84 Å². The zero-order chi connectivity index (χ0) is 27.2. The van der Waals surface area contributed by atoms with Crippen molar-refractivity contribution in [2.24, 2.45) is 15.0 Å². The predicted octanol–water partition coefficient (Wildman–Crippen LogP) is 2.87. The van der Waals surface area contributed by atoms with Crippen molar-refractivity contribution in [1.82, 2.24) is 21.0 Å². The molecule has 0 bridgehead atoms. The zero-order valence-corrected chi connectivity index (χ0v) is 21.7. The average molecular weight is 524 g/mol. The van der Waals surface area contributed by atoms with Crippen LogP contribution < -0.4 is 16.1 Å². The first-order valence-corrected chi connectivity index (χ1v) is 13.0. The van der Waals surface area contributed by atoms with E-state index in [1.54, 1.807) is 0 Å². The Hall–Kier alpha value is -3.20. The number of amides is 4. The Balaban J connectivity index is 4.33. The molecule has 0 unspecified atom stereocenters. The summed E-state index contributed by atoms with van der Waals surface area (Å²) in [6.07, 6.45) is 14.6. The number of urea groups is 2. The fourth-order valence-electron chi connectivity index (χ4n) is 3.19. The van der Waals surface area contributed by atoms with Crippen LogP contribution in [0.25, 0.3) is 0 Å². The lowest BCUT2D eigenvalue weighted by Gasteiger charge is -2.21. The molecule has 0 atom stereocenters. The first kappa shape index (κ1) is 33.8. The molecule has 0 aliphatic carbocycles. The van der Waals surface area contributed by atoms with E-state index in [1.807, 2.05) is 0 Å². The number of aliphatic imine (C=N–C) groups is 3. The third-order valence-electron chi connectivity index (χ3n) is 5.22. The minimum absolute atomic E-state index is 0.251. The Labute approximate surface area is 218 Å². The third-order valence-corrected chi connectivity index (χ3v) is 5.22. The molecule has 4 amide bonds. The minimum atomic E-state index is -0.549. The fraction of sp³-hybridized carbons (Fsp3) is 0.792. The van der Waals surface area contributed by atoms with Gasteiger partial charge in [0.05, 0.1) is 19.6 Å². The van der Waals surface area contributed by atoms with Crippen LogP contribution in [0.1, 0.15) is 77.0 Å². The highest BCUT2D eigenvalue weighted by Crippen LogP contribution is 2.02. The molecule has 0 heterocycles. The lowest BCUT2D eigenvalue weighted by Crippen LogP contribution is -2.50. The number of isocyanates is 3. The van der Waals surface area contributed by atoms with E-state index in [-0.39, 0.29) is 6.73 Å². The van der Waals surface area contributed by atoms with Gasteiger partial charge in [-0.25, -0.2) is 49.3 Å². The van der Waals surface area contributed by atoms with Crippen molar-refractivity contribution in [2.75, 3.05) is 46.0 Å². The van der Waals surface area contributed by atoms with Crippen LogP contribution >= 0.6 is 0 Å². The number of imide groups is 1. The van der Waals surface area contributed by atoms with Gasteiger partial charge in [0.15, 0.2) is 6.73 Å². The van der Waals surface area contributed by atoms with Gasteiger partial charge < -0.3 is 10.6 Å². The first-order valence-electron chi connectivity index (χ1n) is 13.0. The van der Waals surface area contributed by atoms with E-state index in [9.17, 15) is 24.0 Å². The normalized spacial score (nSPS) is 9.95. The van der Waals surface area contributed by atoms with Gasteiger partial charge in [0.2, 0.25) is 18.2 Å². The van der Waals surface area contributed by atoms with Crippen LogP contribution in [0.5, 0.6) is 0 Å². The third kappa shape index (κ3) is 23.0. The number of hydrogen-bond donors (Lipinski definition) is 3. The van der Waals surface area contributed by atoms with Crippen LogP contribution in [0.2, 0.25) is 0 Å². The van der Waals surface area contributed by atoms with Crippen molar-refractivity contribution in [2.45, 2.75) is 77.0 Å². The predicted molar refractivity (Wildman–Crippen MR) is 137 cm³/mol. The quantitative estimate of drug-likeness (QED) is 0.0574. The van der Waals surface area contributed by atoms with Crippen LogP contribution in [-0.4, -0.2) is 81.2 Å². The Morgan fingerprint density at radius 1 is 0.568 bits per heavy atom. The second kappa shape index (κ2) is 27.4. The van der Waals surface area contributed by atoms with E-state index in [4.69, 9.17) is 4.84 Å². The van der Waals surface area contributed by atoms with Gasteiger partial charge in [0, 0.05) is 19.6 Å². The number of nitrogens with one attached hydrogen (secondary N) is 3. The van der Waals surface area contributed by atoms with E-state index >= 15 is 0 Å². The van der Waals surface area contributed by atoms with Gasteiger partial charge in [0.1, 0.15) is 0 Å². The summed E-state index contributed by atoms with van der Waals surface area (Å²) in [6.45, 7) is 2.51. The number of carbonyl (C=O) groups excluding carboxylic acids is 5. The van der Waals surface area contributed by atoms with Crippen molar-refractivity contribution in [3.8, 4) is 0 Å². The molecule has 0 aliphatic heterocycles. The molecule has 0 rings (SSSR count). The maximum absolute atomic E-state index is 12.6. The Kier molecular flexibility index (Phi) is 25.0. The van der Waals surface area contributed by atoms with Crippen molar-refractivity contribution < 1.29 is 28.8 Å². The van der Waals surface area contributed by atoms with Gasteiger partial charge in [-0.15, -0.1) is 0 Å². The van der Waals surface area contributed by atoms with Crippen molar-refractivity contribution in [3.63, 3.8) is 0 Å². The van der Waals surface area contributed by atoms with Crippen LogP contribution in [0, 0.1) is 0 Å². The molecule has 37 heavy (non-hydrogen) atoms. The summed E-state index contributed by atoms with van der Waals surface area (Å²) in [7, 11) is 0. The summed E-state index contributed by atoms with van der Waals surface area (Å²) in [6, 6.07) is -1.10. The van der Waals surface area contributed by atoms with E-state index in [0.717, 1.165) is 81.9 Å². The summed E-state index contributed by atoms with van der Waals surface area (Å²) in [5, 5.41) is 5.47. The van der Waals surface area contributed by atoms with Crippen LogP contribution in [0.4, 0.5) is 9.59 Å². The van der Waals surface area contributed by atoms with Crippen LogP contribution in [0.15, 0.2) is 15.0 Å². The van der Waals surface area contributed by atoms with Crippen molar-refractivity contribution >= 4 is 30.3 Å². The molecule has 0 aromatic heterocycles. The number of hydroxylamine groups is 1. The molecule has 13 heteroatoms. The lowest BCUT2D eigenvalue weighted by atomic mass is 10.2. The maximum atomic E-state index is 12.6. The Morgan fingerprint density at radius 3 is 1.35 bits per heavy atom. The number of unbranched alkanes of at least 4 members (excludes halogenated alkanes) is 9. The van der Waals surface area contributed by atoms with Gasteiger partial charge >= 0.3 is 12.1 Å². The molecule has 3 N–H and O–H groups in total. The molecule has 0 spiro atoms. The van der Waals surface area contributed by atoms with E-state index in [0.29, 0.717) is 39.3 Å². The maximum Gasteiger partial charge on any atom is 0.327 e. The lowest BCUT2D eigenvalue weighted by molar-refractivity contribution is -0.00567. The van der Waals surface area contributed by atoms with Gasteiger partial charge in [-0.05, 0) is 38.5 Å². The number of hydrogen-bond acceptors (Lipinski definition) is 10. The number of nitrogens with zero attached hydrogens (tertiary/aromatic N) is 4. The van der Waals surface area contributed by atoms with Crippen molar-refractivity contribution in [3.05, 3.63) is 0 Å². The molecule has 0 saturated carbocycles. The van der Waals surface area contributed by atoms with Crippen molar-refractivity contribution in [1.29, 1.82) is 0 Å². The van der Waals surface area contributed by atoms with E-state index in [2.05, 4.69) is 31.1 Å². The first-order chi connectivity index (χ1) is 18.2. The molecule has 0 saturated heterocycles. The summed E-state index contributed by atoms with van der Waals surface area (Å²) in [4.78, 5) is 72.1. The molecule has 0 fully saturated rings. The molecule has 0 radical (unpaired) electrons. The van der Waals surface area contributed by atoms with Crippen LogP contribution in [-0.2, 0) is 19.2 Å². The molecule has 0 aromatic rings. The molecule has 0 aliphatic rings. The summed E-state index contributed by atoms with van der Waals surface area (Å²) in [5.74, 6) is 0. The highest BCUT2D eigenvalue weighted by Gasteiger charge is 2.21. The van der Waals surface area contributed by atoms with Gasteiger partial charge in [0.25, 0.3) is 0 Å². The molecule has 13 nitrogen and oxygen atoms in total. The number of rotatable bonds is 24. The summed E-state index contributed by atoms with van der Waals surface area (Å²) in [5.41, 5.74) is 2.77. The second-order valence-corrected chi connectivity index (χ2v) is 8.22. The Bertz CT molecular complexity index is 704. The molecular weight excluding hydrogens is 482 g/mol. The number of carbonyl (C=O) groups is 2. The van der Waals surface area contributed by atoms with Gasteiger partial charge in [-0.2, -0.15) is 0 Å². The zero-order valence-electron chi connectivity index (χ0n) is 21.7. The highest BCUT2D eigenvalue weighted by atomic mass is 16.7. The smallest absolute Gasteiger partial charge is 0.327 e. The fourth-order valence-corrected chi connectivity index (χ4v) is 3.19. The topological polar surface area (TPSA) is 171 Å². The van der Waals surface area contributed by atoms with Crippen LogP contribution in [0.3, 0.4) is 0 Å². The van der Waals surface area contributed by atoms with Gasteiger partial charge in [-0.1, -0.05) is 38.5 Å². The van der Waals surface area contributed by atoms with E-state index in [1.165, 1.54) is 18.2 Å². The summed E-state index contributed by atoms with van der Waals surface area (Å²) >= 11 is 0. The second-order valence-electron chi connectivity index (χ2n) is 8.22. The SMILES string of the molecule is O=C=NCCCCCCNOCN(C(=O)NCCCCCCN=C=O)C(=O)NCCCCCCN=C=O. The molecule has 208 valence electrons.